The number of carbonyl (C=O) groups is 1. The lowest BCUT2D eigenvalue weighted by Crippen LogP contribution is -2.44. The molecule has 1 saturated carbocycles. The molecule has 21 heavy (non-hydrogen) atoms. The molecule has 1 atom stereocenters. The van der Waals surface area contributed by atoms with Crippen LogP contribution in [0.1, 0.15) is 32.6 Å². The normalized spacial score (nSPS) is 21.1. The van der Waals surface area contributed by atoms with Gasteiger partial charge in [-0.1, -0.05) is 24.6 Å². The highest BCUT2D eigenvalue weighted by atomic mass is 35.5. The molecule has 1 unspecified atom stereocenters. The van der Waals surface area contributed by atoms with Gasteiger partial charge in [-0.05, 0) is 37.0 Å². The molecule has 0 N–H and O–H groups in total. The number of carbonyl (C=O) groups excluding carboxylic acids is 1. The summed E-state index contributed by atoms with van der Waals surface area (Å²) in [4.78, 5) is 14.4. The van der Waals surface area contributed by atoms with Crippen molar-refractivity contribution in [3.8, 4) is 5.75 Å². The van der Waals surface area contributed by atoms with Gasteiger partial charge in [0.2, 0.25) is 5.91 Å². The number of halogens is 1. The Morgan fingerprint density at radius 3 is 2.62 bits per heavy atom. The van der Waals surface area contributed by atoms with Gasteiger partial charge in [-0.2, -0.15) is 0 Å². The van der Waals surface area contributed by atoms with Gasteiger partial charge in [0.1, 0.15) is 11.9 Å². The van der Waals surface area contributed by atoms with E-state index in [1.807, 2.05) is 29.2 Å². The Labute approximate surface area is 131 Å². The van der Waals surface area contributed by atoms with E-state index >= 15 is 0 Å². The van der Waals surface area contributed by atoms with E-state index in [1.54, 1.807) is 0 Å². The van der Waals surface area contributed by atoms with Gasteiger partial charge in [-0.15, -0.1) is 0 Å². The molecule has 3 rings (SSSR count). The second-order valence-electron chi connectivity index (χ2n) is 6.23. The molecule has 1 amide bonds. The van der Waals surface area contributed by atoms with Crippen molar-refractivity contribution in [3.05, 3.63) is 29.3 Å². The van der Waals surface area contributed by atoms with Gasteiger partial charge in [0.25, 0.3) is 0 Å². The summed E-state index contributed by atoms with van der Waals surface area (Å²) >= 11 is 5.96. The zero-order valence-corrected chi connectivity index (χ0v) is 13.2. The van der Waals surface area contributed by atoms with E-state index in [0.29, 0.717) is 16.8 Å². The molecule has 0 radical (unpaired) electrons. The molecule has 114 valence electrons. The summed E-state index contributed by atoms with van der Waals surface area (Å²) in [7, 11) is 0. The first-order valence-corrected chi connectivity index (χ1v) is 8.22. The van der Waals surface area contributed by atoms with Gasteiger partial charge in [0.15, 0.2) is 0 Å². The predicted octanol–water partition coefficient (Wildman–Crippen LogP) is 3.76. The fourth-order valence-corrected chi connectivity index (χ4v) is 3.19. The van der Waals surface area contributed by atoms with Gasteiger partial charge < -0.3 is 9.64 Å². The summed E-state index contributed by atoms with van der Waals surface area (Å²) in [6.07, 6.45) is 4.43. The highest BCUT2D eigenvalue weighted by Crippen LogP contribution is 2.37. The van der Waals surface area contributed by atoms with E-state index in [2.05, 4.69) is 6.92 Å². The lowest BCUT2D eigenvalue weighted by molar-refractivity contribution is -0.137. The molecule has 4 heteroatoms. The van der Waals surface area contributed by atoms with E-state index in [9.17, 15) is 4.79 Å². The number of rotatable bonds is 4. The van der Waals surface area contributed by atoms with Crippen LogP contribution in [0.4, 0.5) is 0 Å². The van der Waals surface area contributed by atoms with Crippen molar-refractivity contribution in [3.63, 3.8) is 0 Å². The van der Waals surface area contributed by atoms with E-state index in [-0.39, 0.29) is 12.0 Å². The Kier molecular flexibility index (Phi) is 4.39. The third kappa shape index (κ3) is 3.70. The minimum Gasteiger partial charge on any atom is -0.490 e. The van der Waals surface area contributed by atoms with E-state index in [1.165, 1.54) is 12.8 Å². The molecule has 2 aliphatic rings. The molecular weight excluding hydrogens is 286 g/mol. The molecule has 0 aromatic heterocycles. The average molecular weight is 308 g/mol. The zero-order chi connectivity index (χ0) is 14.8. The van der Waals surface area contributed by atoms with Gasteiger partial charge in [-0.25, -0.2) is 0 Å². The van der Waals surface area contributed by atoms with Gasteiger partial charge in [0.05, 0.1) is 0 Å². The largest absolute Gasteiger partial charge is 0.490 e. The third-order valence-corrected chi connectivity index (χ3v) is 4.81. The SMILES string of the molecule is CC(C(=O)N1CCC(Oc2cccc(Cl)c2)CC1)C1CC1. The number of hydrogen-bond donors (Lipinski definition) is 0. The monoisotopic (exact) mass is 307 g/mol. The second kappa shape index (κ2) is 6.27. The van der Waals surface area contributed by atoms with Crippen molar-refractivity contribution in [2.45, 2.75) is 38.7 Å². The maximum absolute atomic E-state index is 12.4. The summed E-state index contributed by atoms with van der Waals surface area (Å²) in [5.74, 6) is 1.99. The quantitative estimate of drug-likeness (QED) is 0.847. The van der Waals surface area contributed by atoms with E-state index in [0.717, 1.165) is 31.7 Å². The molecular formula is C17H22ClNO2. The van der Waals surface area contributed by atoms with Crippen LogP contribution < -0.4 is 4.74 Å². The molecule has 1 heterocycles. The topological polar surface area (TPSA) is 29.5 Å². The number of hydrogen-bond acceptors (Lipinski definition) is 2. The summed E-state index contributed by atoms with van der Waals surface area (Å²) in [5, 5.41) is 0.693. The van der Waals surface area contributed by atoms with Crippen LogP contribution >= 0.6 is 11.6 Å². The van der Waals surface area contributed by atoms with Gasteiger partial charge in [-0.3, -0.25) is 4.79 Å². The molecule has 1 aliphatic heterocycles. The van der Waals surface area contributed by atoms with Crippen molar-refractivity contribution >= 4 is 17.5 Å². The molecule has 1 saturated heterocycles. The molecule has 1 aliphatic carbocycles. The fraction of sp³-hybridized carbons (Fsp3) is 0.588. The maximum atomic E-state index is 12.4. The van der Waals surface area contributed by atoms with Gasteiger partial charge >= 0.3 is 0 Å². The Morgan fingerprint density at radius 2 is 2.00 bits per heavy atom. The van der Waals surface area contributed by atoms with Crippen LogP contribution in [0.5, 0.6) is 5.75 Å². The Morgan fingerprint density at radius 1 is 1.29 bits per heavy atom. The number of benzene rings is 1. The maximum Gasteiger partial charge on any atom is 0.225 e. The Balaban J connectivity index is 1.49. The number of amides is 1. The van der Waals surface area contributed by atoms with Crippen molar-refractivity contribution in [2.24, 2.45) is 11.8 Å². The van der Waals surface area contributed by atoms with Crippen molar-refractivity contribution in [2.75, 3.05) is 13.1 Å². The summed E-state index contributed by atoms with van der Waals surface area (Å²) in [6, 6.07) is 7.51. The molecule has 0 bridgehead atoms. The zero-order valence-electron chi connectivity index (χ0n) is 12.4. The molecule has 3 nitrogen and oxygen atoms in total. The molecule has 0 spiro atoms. The Bertz CT molecular complexity index is 507. The van der Waals surface area contributed by atoms with Crippen LogP contribution in [0, 0.1) is 11.8 Å². The number of piperidine rings is 1. The summed E-state index contributed by atoms with van der Waals surface area (Å²) < 4.78 is 5.96. The molecule has 2 fully saturated rings. The minimum absolute atomic E-state index is 0.184. The first-order chi connectivity index (χ1) is 10.1. The summed E-state index contributed by atoms with van der Waals surface area (Å²) in [5.41, 5.74) is 0. The summed E-state index contributed by atoms with van der Waals surface area (Å²) in [6.45, 7) is 3.69. The number of likely N-dealkylation sites (tertiary alicyclic amines) is 1. The van der Waals surface area contributed by atoms with Crippen molar-refractivity contribution in [1.82, 2.24) is 4.90 Å². The fourth-order valence-electron chi connectivity index (χ4n) is 3.01. The Hall–Kier alpha value is -1.22. The van der Waals surface area contributed by atoms with Crippen LogP contribution in [-0.4, -0.2) is 30.0 Å². The predicted molar refractivity (Wildman–Crippen MR) is 83.6 cm³/mol. The first kappa shape index (κ1) is 14.7. The number of ether oxygens (including phenoxy) is 1. The van der Waals surface area contributed by atoms with Crippen LogP contribution in [0.15, 0.2) is 24.3 Å². The van der Waals surface area contributed by atoms with E-state index < -0.39 is 0 Å². The first-order valence-electron chi connectivity index (χ1n) is 7.84. The minimum atomic E-state index is 0.184. The standard InChI is InChI=1S/C17H22ClNO2/c1-12(13-5-6-13)17(20)19-9-7-15(8-10-19)21-16-4-2-3-14(18)11-16/h2-4,11-13,15H,5-10H2,1H3. The second-order valence-corrected chi connectivity index (χ2v) is 6.66. The smallest absolute Gasteiger partial charge is 0.225 e. The average Bonchev–Trinajstić information content (AvgIpc) is 3.31. The lowest BCUT2D eigenvalue weighted by atomic mass is 10.0. The molecule has 1 aromatic rings. The molecule has 1 aromatic carbocycles. The third-order valence-electron chi connectivity index (χ3n) is 4.57. The van der Waals surface area contributed by atoms with Crippen LogP contribution in [0.25, 0.3) is 0 Å². The van der Waals surface area contributed by atoms with Gasteiger partial charge in [0, 0.05) is 36.9 Å². The highest BCUT2D eigenvalue weighted by molar-refractivity contribution is 6.30. The lowest BCUT2D eigenvalue weighted by Gasteiger charge is -2.33. The number of nitrogens with zero attached hydrogens (tertiary/aromatic N) is 1. The van der Waals surface area contributed by atoms with Crippen molar-refractivity contribution in [1.29, 1.82) is 0 Å². The van der Waals surface area contributed by atoms with Crippen molar-refractivity contribution < 1.29 is 9.53 Å². The highest BCUT2D eigenvalue weighted by Gasteiger charge is 2.36. The van der Waals surface area contributed by atoms with Crippen LogP contribution in [0.2, 0.25) is 5.02 Å². The van der Waals surface area contributed by atoms with E-state index in [4.69, 9.17) is 16.3 Å². The van der Waals surface area contributed by atoms with Crippen LogP contribution in [-0.2, 0) is 4.79 Å². The van der Waals surface area contributed by atoms with Crippen LogP contribution in [0.3, 0.4) is 0 Å².